The molecule has 8 nitrogen and oxygen atoms in total. The summed E-state index contributed by atoms with van der Waals surface area (Å²) >= 11 is 2.25. The number of nitrogens with one attached hydrogen (secondary N) is 1. The third-order valence-electron chi connectivity index (χ3n) is 4.85. The van der Waals surface area contributed by atoms with Gasteiger partial charge < -0.3 is 10.1 Å². The molecule has 0 amide bonds. The Morgan fingerprint density at radius 2 is 2.37 bits per heavy atom. The van der Waals surface area contributed by atoms with Crippen LogP contribution in [0.4, 0.5) is 5.82 Å². The molecule has 0 bridgehead atoms. The maximum absolute atomic E-state index is 11.2. The normalized spacial score (nSPS) is 18.0. The van der Waals surface area contributed by atoms with E-state index in [9.17, 15) is 4.79 Å². The van der Waals surface area contributed by atoms with Crippen molar-refractivity contribution in [3.8, 4) is 0 Å². The lowest BCUT2D eigenvalue weighted by atomic mass is 10.1. The van der Waals surface area contributed by atoms with Gasteiger partial charge in [0.15, 0.2) is 11.5 Å². The van der Waals surface area contributed by atoms with Crippen molar-refractivity contribution in [1.82, 2.24) is 24.3 Å². The van der Waals surface area contributed by atoms with Gasteiger partial charge in [0.25, 0.3) is 0 Å². The van der Waals surface area contributed by atoms with Crippen molar-refractivity contribution in [2.24, 2.45) is 0 Å². The van der Waals surface area contributed by atoms with E-state index in [0.717, 1.165) is 55.7 Å². The number of halogens is 1. The fourth-order valence-corrected chi connectivity index (χ4v) is 4.67. The molecule has 0 aromatic carbocycles. The molecule has 1 aliphatic rings. The van der Waals surface area contributed by atoms with E-state index < -0.39 is 0 Å². The zero-order valence-electron chi connectivity index (χ0n) is 15.6. The Morgan fingerprint density at radius 1 is 1.52 bits per heavy atom. The summed E-state index contributed by atoms with van der Waals surface area (Å²) in [4.78, 5) is 20.2. The number of fused-ring (bicyclic) bond motifs is 1. The molecular weight excluding hydrogens is 479 g/mol. The molecule has 1 atom stereocenters. The Hall–Kier alpha value is -1.11. The van der Waals surface area contributed by atoms with Crippen molar-refractivity contribution >= 4 is 53.1 Å². The lowest BCUT2D eigenvalue weighted by Gasteiger charge is -2.39. The van der Waals surface area contributed by atoms with Crippen LogP contribution in [0.2, 0.25) is 0 Å². The Labute approximate surface area is 175 Å². The molecule has 0 spiro atoms. The average Bonchev–Trinajstić information content (AvgIpc) is 3.14. The van der Waals surface area contributed by atoms with Crippen LogP contribution in [-0.4, -0.2) is 64.8 Å². The van der Waals surface area contributed by atoms with E-state index >= 15 is 0 Å². The van der Waals surface area contributed by atoms with Gasteiger partial charge in [-0.25, -0.2) is 15.0 Å². The molecule has 0 saturated carbocycles. The lowest BCUT2D eigenvalue weighted by Crippen LogP contribution is -2.52. The molecule has 0 radical (unpaired) electrons. The van der Waals surface area contributed by atoms with Gasteiger partial charge in [-0.05, 0) is 31.9 Å². The van der Waals surface area contributed by atoms with Gasteiger partial charge in [0.2, 0.25) is 0 Å². The van der Waals surface area contributed by atoms with E-state index in [1.165, 1.54) is 7.11 Å². The molecule has 27 heavy (non-hydrogen) atoms. The minimum Gasteiger partial charge on any atom is -0.469 e. The summed E-state index contributed by atoms with van der Waals surface area (Å²) in [7, 11) is 5.10. The number of aromatic nitrogens is 3. The number of hydrogen-bond acceptors (Lipinski definition) is 8. The predicted molar refractivity (Wildman–Crippen MR) is 117 cm³/mol. The molecule has 1 fully saturated rings. The van der Waals surface area contributed by atoms with E-state index in [4.69, 9.17) is 0 Å². The molecule has 1 saturated heterocycles. The smallest absolute Gasteiger partial charge is 0.305 e. The second-order valence-corrected chi connectivity index (χ2v) is 8.27. The first-order chi connectivity index (χ1) is 13.1. The van der Waals surface area contributed by atoms with Gasteiger partial charge in [-0.15, -0.1) is 0 Å². The number of hydrazine groups is 1. The molecule has 1 unspecified atom stereocenters. The van der Waals surface area contributed by atoms with E-state index in [1.807, 2.05) is 10.2 Å². The fraction of sp³-hybridized carbons (Fsp3) is 0.588. The van der Waals surface area contributed by atoms with Crippen LogP contribution < -0.4 is 10.3 Å². The molecule has 3 heterocycles. The maximum atomic E-state index is 11.2. The van der Waals surface area contributed by atoms with Crippen LogP contribution in [0.5, 0.6) is 0 Å². The van der Waals surface area contributed by atoms with E-state index in [2.05, 4.69) is 64.4 Å². The van der Waals surface area contributed by atoms with Gasteiger partial charge in [0.05, 0.1) is 12.5 Å². The monoisotopic (exact) mass is 504 g/mol. The topological polar surface area (TPSA) is 75.5 Å². The van der Waals surface area contributed by atoms with Crippen molar-refractivity contribution in [1.29, 1.82) is 0 Å². The van der Waals surface area contributed by atoms with Crippen molar-refractivity contribution in [2.45, 2.75) is 31.7 Å². The maximum Gasteiger partial charge on any atom is 0.305 e. The van der Waals surface area contributed by atoms with Crippen molar-refractivity contribution in [3.05, 3.63) is 18.6 Å². The van der Waals surface area contributed by atoms with Gasteiger partial charge in [-0.3, -0.25) is 13.8 Å². The molecule has 10 heteroatoms. The third kappa shape index (κ3) is 5.04. The van der Waals surface area contributed by atoms with Crippen LogP contribution in [-0.2, 0) is 9.53 Å². The molecule has 2 aromatic heterocycles. The summed E-state index contributed by atoms with van der Waals surface area (Å²) in [6, 6.07) is 2.48. The highest BCUT2D eigenvalue weighted by Crippen LogP contribution is 2.29. The van der Waals surface area contributed by atoms with Gasteiger partial charge in [-0.2, -0.15) is 0 Å². The van der Waals surface area contributed by atoms with E-state index in [0.29, 0.717) is 12.5 Å². The summed E-state index contributed by atoms with van der Waals surface area (Å²) in [6.07, 6.45) is 7.18. The Morgan fingerprint density at radius 3 is 3.15 bits per heavy atom. The van der Waals surface area contributed by atoms with Crippen LogP contribution in [0.1, 0.15) is 25.7 Å². The number of ether oxygens (including phenoxy) is 1. The average molecular weight is 504 g/mol. The van der Waals surface area contributed by atoms with Crippen LogP contribution in [0.25, 0.3) is 11.0 Å². The Bertz CT molecular complexity index is 773. The molecule has 1 aliphatic heterocycles. The second-order valence-electron chi connectivity index (χ2n) is 6.55. The SMILES string of the molecule is COC(=O)CCCNC1CCCN(N(C)c2ncnc3c2ccn3SI)C1. The first kappa shape index (κ1) is 20.6. The summed E-state index contributed by atoms with van der Waals surface area (Å²) in [5.74, 6) is 0.779. The van der Waals surface area contributed by atoms with E-state index in [1.54, 1.807) is 15.4 Å². The largest absolute Gasteiger partial charge is 0.469 e. The number of methoxy groups -OCH3 is 1. The third-order valence-corrected chi connectivity index (χ3v) is 6.57. The number of carbonyl (C=O) groups excluding carboxylic acids is 1. The molecule has 148 valence electrons. The summed E-state index contributed by atoms with van der Waals surface area (Å²) in [6.45, 7) is 2.75. The fourth-order valence-electron chi connectivity index (χ4n) is 3.40. The van der Waals surface area contributed by atoms with Gasteiger partial charge in [0, 0.05) is 69.1 Å². The highest BCUT2D eigenvalue weighted by Gasteiger charge is 2.24. The molecule has 0 aliphatic carbocycles. The highest BCUT2D eigenvalue weighted by atomic mass is 127. The highest BCUT2D eigenvalue weighted by molar-refractivity contribution is 14.2. The quantitative estimate of drug-likeness (QED) is 0.334. The van der Waals surface area contributed by atoms with Gasteiger partial charge in [0.1, 0.15) is 6.33 Å². The zero-order chi connectivity index (χ0) is 19.2. The molecule has 3 rings (SSSR count). The minimum atomic E-state index is -0.147. The summed E-state index contributed by atoms with van der Waals surface area (Å²) < 4.78 is 6.73. The first-order valence-electron chi connectivity index (χ1n) is 9.04. The van der Waals surface area contributed by atoms with E-state index in [-0.39, 0.29) is 5.97 Å². The van der Waals surface area contributed by atoms with Gasteiger partial charge in [-0.1, -0.05) is 0 Å². The first-order valence-corrected chi connectivity index (χ1v) is 12.4. The Kier molecular flexibility index (Phi) is 7.56. The van der Waals surface area contributed by atoms with Crippen LogP contribution in [0.3, 0.4) is 0 Å². The standard InChI is InChI=1S/C17H25IN6O2S/c1-22(16-14-7-10-24(27-18)17(14)21-12-20-16)23-9-4-5-13(11-23)19-8-3-6-15(25)26-2/h7,10,12-13,19H,3-6,8-9,11H2,1-2H3. The van der Waals surface area contributed by atoms with Crippen LogP contribution in [0.15, 0.2) is 18.6 Å². The summed E-state index contributed by atoms with van der Waals surface area (Å²) in [5.41, 5.74) is 0.931. The number of carbonyl (C=O) groups is 1. The number of rotatable bonds is 8. The van der Waals surface area contributed by atoms with Crippen molar-refractivity contribution < 1.29 is 9.53 Å². The number of nitrogens with zero attached hydrogens (tertiary/aromatic N) is 5. The van der Waals surface area contributed by atoms with Crippen LogP contribution >= 0.6 is 30.3 Å². The number of piperidine rings is 1. The molecular formula is C17H25IN6O2S. The predicted octanol–water partition coefficient (Wildman–Crippen LogP) is 2.64. The molecule has 2 aromatic rings. The van der Waals surface area contributed by atoms with Gasteiger partial charge >= 0.3 is 5.97 Å². The van der Waals surface area contributed by atoms with Crippen molar-refractivity contribution in [2.75, 3.05) is 38.8 Å². The number of anilines is 1. The number of esters is 1. The Balaban J connectivity index is 1.61. The molecule has 1 N–H and O–H groups in total. The summed E-state index contributed by atoms with van der Waals surface area (Å²) in [5, 5.41) is 9.10. The minimum absolute atomic E-state index is 0.147. The van der Waals surface area contributed by atoms with Crippen LogP contribution in [0, 0.1) is 0 Å². The van der Waals surface area contributed by atoms with Crippen molar-refractivity contribution in [3.63, 3.8) is 0 Å². The zero-order valence-corrected chi connectivity index (χ0v) is 18.6. The lowest BCUT2D eigenvalue weighted by molar-refractivity contribution is -0.140. The number of hydrogen-bond donors (Lipinski definition) is 1. The second kappa shape index (κ2) is 9.89.